The number of rotatable bonds is 6. The summed E-state index contributed by atoms with van der Waals surface area (Å²) in [6.45, 7) is -0.219. The van der Waals surface area contributed by atoms with Crippen molar-refractivity contribution >= 4 is 52.0 Å². The fourth-order valence-electron chi connectivity index (χ4n) is 1.27. The third kappa shape index (κ3) is 5.17. The molecule has 0 radical (unpaired) electrons. The van der Waals surface area contributed by atoms with Crippen molar-refractivity contribution in [1.29, 1.82) is 0 Å². The number of ether oxygens (including phenoxy) is 2. The normalized spacial score (nSPS) is 10.3. The molecule has 0 heterocycles. The first-order valence-electron chi connectivity index (χ1n) is 5.31. The summed E-state index contributed by atoms with van der Waals surface area (Å²) in [5.74, 6) is 0.357. The summed E-state index contributed by atoms with van der Waals surface area (Å²) in [6, 6.07) is 3.49. The van der Waals surface area contributed by atoms with Crippen LogP contribution in [0.4, 0.5) is 0 Å². The summed E-state index contributed by atoms with van der Waals surface area (Å²) >= 11 is 6.69. The van der Waals surface area contributed by atoms with Crippen molar-refractivity contribution in [2.24, 2.45) is 16.6 Å². The fourth-order valence-corrected chi connectivity index (χ4v) is 2.10. The maximum Gasteiger partial charge on any atom is 0.255 e. The zero-order valence-corrected chi connectivity index (χ0v) is 13.5. The second-order valence-corrected chi connectivity index (χ2v) is 5.13. The monoisotopic (exact) mass is 408 g/mol. The van der Waals surface area contributed by atoms with Gasteiger partial charge in [0.25, 0.3) is 5.91 Å². The van der Waals surface area contributed by atoms with E-state index in [9.17, 15) is 4.79 Å². The molecular formula is C11H13IN4O3S. The second-order valence-electron chi connectivity index (χ2n) is 3.52. The van der Waals surface area contributed by atoms with E-state index in [1.165, 1.54) is 13.3 Å². The van der Waals surface area contributed by atoms with E-state index in [-0.39, 0.29) is 11.7 Å². The van der Waals surface area contributed by atoms with Crippen molar-refractivity contribution in [3.8, 4) is 11.5 Å². The zero-order chi connectivity index (χ0) is 15.1. The van der Waals surface area contributed by atoms with Gasteiger partial charge in [-0.05, 0) is 52.5 Å². The molecule has 0 saturated heterocycles. The molecule has 0 aliphatic carbocycles. The lowest BCUT2D eigenvalue weighted by atomic mass is 10.2. The Hall–Kier alpha value is -1.62. The van der Waals surface area contributed by atoms with Gasteiger partial charge in [0, 0.05) is 0 Å². The van der Waals surface area contributed by atoms with Crippen LogP contribution in [0.3, 0.4) is 0 Å². The Morgan fingerprint density at radius 1 is 1.55 bits per heavy atom. The van der Waals surface area contributed by atoms with Crippen LogP contribution in [0.2, 0.25) is 0 Å². The van der Waals surface area contributed by atoms with Gasteiger partial charge in [0.15, 0.2) is 23.2 Å². The fraction of sp³-hybridized carbons (Fsp3) is 0.182. The average molecular weight is 408 g/mol. The molecule has 0 bridgehead atoms. The lowest BCUT2D eigenvalue weighted by Gasteiger charge is -2.12. The molecule has 0 atom stereocenters. The summed E-state index contributed by atoms with van der Waals surface area (Å²) in [6.07, 6.45) is 1.53. The summed E-state index contributed by atoms with van der Waals surface area (Å²) in [5.41, 5.74) is 13.5. The zero-order valence-electron chi connectivity index (χ0n) is 10.6. The number of benzene rings is 1. The van der Waals surface area contributed by atoms with Gasteiger partial charge < -0.3 is 20.9 Å². The highest BCUT2D eigenvalue weighted by atomic mass is 127. The Bertz CT molecular complexity index is 551. The van der Waals surface area contributed by atoms with Gasteiger partial charge in [0.1, 0.15) is 0 Å². The minimum atomic E-state index is -0.561. The number of methoxy groups -OCH3 is 1. The average Bonchev–Trinajstić information content (AvgIpc) is 2.36. The van der Waals surface area contributed by atoms with Gasteiger partial charge in [-0.15, -0.1) is 0 Å². The number of hydrogen-bond acceptors (Lipinski definition) is 5. The predicted molar refractivity (Wildman–Crippen MR) is 87.9 cm³/mol. The highest BCUT2D eigenvalue weighted by molar-refractivity contribution is 14.1. The Balaban J connectivity index is 2.97. The van der Waals surface area contributed by atoms with Crippen molar-refractivity contribution in [1.82, 2.24) is 5.43 Å². The first kappa shape index (κ1) is 16.4. The predicted octanol–water partition coefficient (Wildman–Crippen LogP) is 0.331. The van der Waals surface area contributed by atoms with Crippen LogP contribution in [0, 0.1) is 3.57 Å². The van der Waals surface area contributed by atoms with Crippen molar-refractivity contribution < 1.29 is 14.3 Å². The van der Waals surface area contributed by atoms with E-state index in [1.807, 2.05) is 0 Å². The van der Waals surface area contributed by atoms with Crippen molar-refractivity contribution in [3.05, 3.63) is 21.3 Å². The number of thiocarbonyl (C=S) groups is 1. The summed E-state index contributed by atoms with van der Waals surface area (Å²) < 4.78 is 11.3. The molecule has 9 heteroatoms. The first-order valence-corrected chi connectivity index (χ1v) is 6.80. The van der Waals surface area contributed by atoms with E-state index < -0.39 is 5.91 Å². The molecule has 1 rings (SSSR count). The number of halogens is 1. The van der Waals surface area contributed by atoms with Crippen molar-refractivity contribution in [3.63, 3.8) is 0 Å². The maximum atomic E-state index is 10.8. The molecule has 1 aromatic rings. The highest BCUT2D eigenvalue weighted by Gasteiger charge is 2.12. The van der Waals surface area contributed by atoms with Gasteiger partial charge >= 0.3 is 0 Å². The van der Waals surface area contributed by atoms with Crippen molar-refractivity contribution in [2.45, 2.75) is 0 Å². The van der Waals surface area contributed by atoms with E-state index in [2.05, 4.69) is 45.3 Å². The lowest BCUT2D eigenvalue weighted by molar-refractivity contribution is -0.119. The van der Waals surface area contributed by atoms with Gasteiger partial charge in [-0.3, -0.25) is 10.2 Å². The number of nitrogens with two attached hydrogens (primary N) is 2. The summed E-state index contributed by atoms with van der Waals surface area (Å²) in [4.78, 5) is 10.8. The Kier molecular flexibility index (Phi) is 6.45. The molecule has 1 amide bonds. The third-order valence-electron chi connectivity index (χ3n) is 2.00. The van der Waals surface area contributed by atoms with Gasteiger partial charge in [0.2, 0.25) is 0 Å². The number of hydrazone groups is 1. The molecule has 20 heavy (non-hydrogen) atoms. The molecule has 0 spiro atoms. The molecule has 0 unspecified atom stereocenters. The SMILES string of the molecule is COc1cc(C=NNC(N)=S)cc(I)c1OCC(N)=O. The number of carbonyl (C=O) groups is 1. The van der Waals surface area contributed by atoms with E-state index in [4.69, 9.17) is 20.9 Å². The smallest absolute Gasteiger partial charge is 0.255 e. The highest BCUT2D eigenvalue weighted by Crippen LogP contribution is 2.33. The van der Waals surface area contributed by atoms with Crippen molar-refractivity contribution in [2.75, 3.05) is 13.7 Å². The van der Waals surface area contributed by atoms with E-state index in [0.717, 1.165) is 9.13 Å². The molecular weight excluding hydrogens is 395 g/mol. The van der Waals surface area contributed by atoms with E-state index >= 15 is 0 Å². The molecule has 0 aliphatic heterocycles. The van der Waals surface area contributed by atoms with Crippen LogP contribution in [0.15, 0.2) is 17.2 Å². The molecule has 0 aliphatic rings. The number of amides is 1. The number of nitrogens with zero attached hydrogens (tertiary/aromatic N) is 1. The third-order valence-corrected chi connectivity index (χ3v) is 2.89. The number of carbonyl (C=O) groups excluding carboxylic acids is 1. The molecule has 0 saturated carbocycles. The van der Waals surface area contributed by atoms with Gasteiger partial charge in [-0.2, -0.15) is 5.10 Å². The van der Waals surface area contributed by atoms with Crippen LogP contribution in [0.5, 0.6) is 11.5 Å². The number of hydrogen-bond donors (Lipinski definition) is 3. The van der Waals surface area contributed by atoms with Crippen LogP contribution in [-0.2, 0) is 4.79 Å². The second kappa shape index (κ2) is 7.85. The van der Waals surface area contributed by atoms with E-state index in [0.29, 0.717) is 11.5 Å². The Morgan fingerprint density at radius 3 is 2.80 bits per heavy atom. The minimum absolute atomic E-state index is 0.0734. The topological polar surface area (TPSA) is 112 Å². The molecule has 5 N–H and O–H groups in total. The first-order chi connectivity index (χ1) is 9.43. The molecule has 7 nitrogen and oxygen atoms in total. The molecule has 108 valence electrons. The molecule has 0 aromatic heterocycles. The number of nitrogens with one attached hydrogen (secondary N) is 1. The largest absolute Gasteiger partial charge is 0.493 e. The Morgan fingerprint density at radius 2 is 2.25 bits per heavy atom. The summed E-state index contributed by atoms with van der Waals surface area (Å²) in [7, 11) is 1.50. The Labute approximate surface area is 134 Å². The molecule has 0 fully saturated rings. The quantitative estimate of drug-likeness (QED) is 0.271. The standard InChI is InChI=1S/C11H13IN4O3S/c1-18-8-3-6(4-15-16-11(14)20)2-7(12)10(8)19-5-9(13)17/h2-4H,5H2,1H3,(H2,13,17)(H3,14,16,20). The number of primary amides is 1. The van der Waals surface area contributed by atoms with Crippen LogP contribution in [-0.4, -0.2) is 31.0 Å². The summed E-state index contributed by atoms with van der Waals surface area (Å²) in [5, 5.41) is 3.92. The van der Waals surface area contributed by atoms with E-state index in [1.54, 1.807) is 12.1 Å². The van der Waals surface area contributed by atoms with Crippen LogP contribution < -0.4 is 26.4 Å². The van der Waals surface area contributed by atoms with Gasteiger partial charge in [0.05, 0.1) is 16.9 Å². The molecule has 1 aromatic carbocycles. The van der Waals surface area contributed by atoms with Crippen LogP contribution in [0.25, 0.3) is 0 Å². The minimum Gasteiger partial charge on any atom is -0.493 e. The van der Waals surface area contributed by atoms with Crippen LogP contribution >= 0.6 is 34.8 Å². The van der Waals surface area contributed by atoms with Crippen LogP contribution in [0.1, 0.15) is 5.56 Å². The van der Waals surface area contributed by atoms with Gasteiger partial charge in [-0.1, -0.05) is 0 Å². The van der Waals surface area contributed by atoms with Gasteiger partial charge in [-0.25, -0.2) is 0 Å². The lowest BCUT2D eigenvalue weighted by Crippen LogP contribution is -2.24. The maximum absolute atomic E-state index is 10.8.